The van der Waals surface area contributed by atoms with Crippen molar-refractivity contribution >= 4 is 0 Å². The van der Waals surface area contributed by atoms with Crippen LogP contribution in [0.4, 0.5) is 0 Å². The van der Waals surface area contributed by atoms with E-state index in [0.29, 0.717) is 19.6 Å². The van der Waals surface area contributed by atoms with E-state index in [9.17, 15) is 0 Å². The molecule has 0 saturated carbocycles. The summed E-state index contributed by atoms with van der Waals surface area (Å²) in [5, 5.41) is 23.1. The zero-order valence-electron chi connectivity index (χ0n) is 7.58. The zero-order chi connectivity index (χ0) is 10.1. The number of hydrogen-bond donors (Lipinski definition) is 3. The van der Waals surface area contributed by atoms with Crippen LogP contribution in [0.2, 0.25) is 0 Å². The molecule has 0 fully saturated rings. The van der Waals surface area contributed by atoms with E-state index in [1.807, 2.05) is 6.07 Å². The highest BCUT2D eigenvalue weighted by atomic mass is 16.3. The standard InChI is InChI=1S/C9H15N3O/c1-3-9(6-10)12-5-4-11-7-8(2)13/h3,9,11-13H,1-2,4-5,7H2. The minimum atomic E-state index is -0.306. The van der Waals surface area contributed by atoms with Gasteiger partial charge in [0, 0.05) is 13.1 Å². The summed E-state index contributed by atoms with van der Waals surface area (Å²) in [6.45, 7) is 8.53. The fourth-order valence-electron chi connectivity index (χ4n) is 0.730. The van der Waals surface area contributed by atoms with Crippen molar-refractivity contribution < 1.29 is 5.11 Å². The molecule has 0 aliphatic rings. The van der Waals surface area contributed by atoms with Gasteiger partial charge in [0.25, 0.3) is 0 Å². The van der Waals surface area contributed by atoms with E-state index >= 15 is 0 Å². The summed E-state index contributed by atoms with van der Waals surface area (Å²) in [5.41, 5.74) is 0. The summed E-state index contributed by atoms with van der Waals surface area (Å²) in [6, 6.07) is 1.72. The number of hydrogen-bond acceptors (Lipinski definition) is 4. The Bertz CT molecular complexity index is 207. The van der Waals surface area contributed by atoms with Crippen LogP contribution in [0.15, 0.2) is 25.0 Å². The van der Waals surface area contributed by atoms with Crippen LogP contribution in [-0.2, 0) is 0 Å². The van der Waals surface area contributed by atoms with Gasteiger partial charge >= 0.3 is 0 Å². The number of nitrogens with one attached hydrogen (secondary N) is 2. The lowest BCUT2D eigenvalue weighted by Gasteiger charge is -2.07. The van der Waals surface area contributed by atoms with Gasteiger partial charge in [-0.1, -0.05) is 12.7 Å². The van der Waals surface area contributed by atoms with Crippen LogP contribution < -0.4 is 10.6 Å². The van der Waals surface area contributed by atoms with Gasteiger partial charge in [0.15, 0.2) is 0 Å². The first-order valence-corrected chi connectivity index (χ1v) is 4.03. The average Bonchev–Trinajstić information content (AvgIpc) is 2.11. The Morgan fingerprint density at radius 3 is 2.77 bits per heavy atom. The van der Waals surface area contributed by atoms with Crippen molar-refractivity contribution in [1.29, 1.82) is 5.26 Å². The first kappa shape index (κ1) is 11.7. The Morgan fingerprint density at radius 1 is 1.62 bits per heavy atom. The SMILES string of the molecule is C=CC(C#N)NCCNCC(=C)O. The van der Waals surface area contributed by atoms with E-state index in [0.717, 1.165) is 0 Å². The second kappa shape index (κ2) is 7.35. The quantitative estimate of drug-likeness (QED) is 0.300. The van der Waals surface area contributed by atoms with Crippen molar-refractivity contribution in [2.75, 3.05) is 19.6 Å². The van der Waals surface area contributed by atoms with Crippen molar-refractivity contribution in [1.82, 2.24) is 10.6 Å². The predicted molar refractivity (Wildman–Crippen MR) is 52.2 cm³/mol. The Labute approximate surface area is 78.6 Å². The Morgan fingerprint density at radius 2 is 2.31 bits per heavy atom. The van der Waals surface area contributed by atoms with Crippen molar-refractivity contribution in [2.24, 2.45) is 0 Å². The average molecular weight is 181 g/mol. The van der Waals surface area contributed by atoms with E-state index in [1.54, 1.807) is 6.08 Å². The van der Waals surface area contributed by atoms with Gasteiger partial charge in [-0.05, 0) is 0 Å². The molecule has 0 aromatic heterocycles. The Hall–Kier alpha value is -1.31. The third-order valence-electron chi connectivity index (χ3n) is 1.37. The van der Waals surface area contributed by atoms with Crippen LogP contribution in [0, 0.1) is 11.3 Å². The van der Waals surface area contributed by atoms with E-state index < -0.39 is 0 Å². The fraction of sp³-hybridized carbons (Fsp3) is 0.444. The summed E-state index contributed by atoms with van der Waals surface area (Å²) < 4.78 is 0. The number of aliphatic hydroxyl groups is 1. The van der Waals surface area contributed by atoms with E-state index in [-0.39, 0.29) is 11.8 Å². The van der Waals surface area contributed by atoms with Gasteiger partial charge in [-0.2, -0.15) is 5.26 Å². The van der Waals surface area contributed by atoms with Crippen LogP contribution in [0.1, 0.15) is 0 Å². The highest BCUT2D eigenvalue weighted by Gasteiger charge is 1.98. The second-order valence-corrected chi connectivity index (χ2v) is 2.54. The molecule has 4 nitrogen and oxygen atoms in total. The predicted octanol–water partition coefficient (Wildman–Crippen LogP) is 0.315. The molecule has 1 unspecified atom stereocenters. The molecule has 1 atom stereocenters. The highest BCUT2D eigenvalue weighted by molar-refractivity contribution is 5.02. The van der Waals surface area contributed by atoms with Gasteiger partial charge in [0.05, 0.1) is 18.4 Å². The summed E-state index contributed by atoms with van der Waals surface area (Å²) in [6.07, 6.45) is 1.55. The summed E-state index contributed by atoms with van der Waals surface area (Å²) in [5.74, 6) is 0.112. The molecule has 0 heterocycles. The third-order valence-corrected chi connectivity index (χ3v) is 1.37. The Kier molecular flexibility index (Phi) is 6.60. The van der Waals surface area contributed by atoms with E-state index in [2.05, 4.69) is 23.8 Å². The van der Waals surface area contributed by atoms with Gasteiger partial charge in [-0.25, -0.2) is 0 Å². The molecular formula is C9H15N3O. The molecule has 3 N–H and O–H groups in total. The highest BCUT2D eigenvalue weighted by Crippen LogP contribution is 1.80. The van der Waals surface area contributed by atoms with Crippen LogP contribution in [0.5, 0.6) is 0 Å². The largest absolute Gasteiger partial charge is 0.512 e. The number of rotatable bonds is 7. The lowest BCUT2D eigenvalue weighted by atomic mass is 10.3. The van der Waals surface area contributed by atoms with E-state index in [4.69, 9.17) is 10.4 Å². The molecule has 0 rings (SSSR count). The normalized spacial score (nSPS) is 11.6. The Balaban J connectivity index is 3.30. The summed E-state index contributed by atoms with van der Waals surface area (Å²) >= 11 is 0. The van der Waals surface area contributed by atoms with Gasteiger partial charge in [-0.15, -0.1) is 6.58 Å². The fourth-order valence-corrected chi connectivity index (χ4v) is 0.730. The molecule has 0 aliphatic carbocycles. The maximum atomic E-state index is 8.71. The molecule has 4 heteroatoms. The molecule has 0 saturated heterocycles. The lowest BCUT2D eigenvalue weighted by molar-refractivity contribution is 0.391. The van der Waals surface area contributed by atoms with Crippen molar-refractivity contribution in [3.05, 3.63) is 25.0 Å². The number of nitrogens with zero attached hydrogens (tertiary/aromatic N) is 1. The molecule has 0 bridgehead atoms. The second-order valence-electron chi connectivity index (χ2n) is 2.54. The summed E-state index contributed by atoms with van der Waals surface area (Å²) in [4.78, 5) is 0. The molecule has 0 radical (unpaired) electrons. The maximum absolute atomic E-state index is 8.71. The van der Waals surface area contributed by atoms with Crippen LogP contribution in [0.3, 0.4) is 0 Å². The zero-order valence-corrected chi connectivity index (χ0v) is 7.58. The van der Waals surface area contributed by atoms with Crippen LogP contribution in [0.25, 0.3) is 0 Å². The first-order valence-electron chi connectivity index (χ1n) is 4.03. The maximum Gasteiger partial charge on any atom is 0.114 e. The molecular weight excluding hydrogens is 166 g/mol. The lowest BCUT2D eigenvalue weighted by Crippen LogP contribution is -2.33. The van der Waals surface area contributed by atoms with E-state index in [1.165, 1.54) is 0 Å². The molecule has 0 spiro atoms. The minimum absolute atomic E-state index is 0.112. The van der Waals surface area contributed by atoms with Crippen molar-refractivity contribution in [3.63, 3.8) is 0 Å². The summed E-state index contributed by atoms with van der Waals surface area (Å²) in [7, 11) is 0. The molecule has 0 aromatic carbocycles. The van der Waals surface area contributed by atoms with Gasteiger partial charge in [0.1, 0.15) is 6.04 Å². The monoisotopic (exact) mass is 181 g/mol. The van der Waals surface area contributed by atoms with Crippen molar-refractivity contribution in [3.8, 4) is 6.07 Å². The third kappa shape index (κ3) is 7.06. The molecule has 0 amide bonds. The number of nitriles is 1. The van der Waals surface area contributed by atoms with Gasteiger partial charge in [-0.3, -0.25) is 5.32 Å². The molecule has 0 aliphatic heterocycles. The van der Waals surface area contributed by atoms with Gasteiger partial charge in [0.2, 0.25) is 0 Å². The minimum Gasteiger partial charge on any atom is -0.512 e. The van der Waals surface area contributed by atoms with Gasteiger partial charge < -0.3 is 10.4 Å². The first-order chi connectivity index (χ1) is 6.20. The van der Waals surface area contributed by atoms with Crippen LogP contribution >= 0.6 is 0 Å². The molecule has 0 aromatic rings. The number of aliphatic hydroxyl groups excluding tert-OH is 1. The topological polar surface area (TPSA) is 68.1 Å². The molecule has 13 heavy (non-hydrogen) atoms. The molecule has 72 valence electrons. The smallest absolute Gasteiger partial charge is 0.114 e. The van der Waals surface area contributed by atoms with Crippen molar-refractivity contribution in [2.45, 2.75) is 6.04 Å². The van der Waals surface area contributed by atoms with Crippen LogP contribution in [-0.4, -0.2) is 30.8 Å².